The molecule has 126 valence electrons. The minimum Gasteiger partial charge on any atom is -0.488 e. The fourth-order valence-electron chi connectivity index (χ4n) is 1.79. The van der Waals surface area contributed by atoms with Crippen molar-refractivity contribution in [3.8, 4) is 5.75 Å². The number of nitrogens with zero attached hydrogens (tertiary/aromatic N) is 1. The summed E-state index contributed by atoms with van der Waals surface area (Å²) in [7, 11) is 1.78. The van der Waals surface area contributed by atoms with E-state index in [-0.39, 0.29) is 35.1 Å². The van der Waals surface area contributed by atoms with E-state index in [1.54, 1.807) is 7.05 Å². The smallest absolute Gasteiger partial charge is 0.191 e. The maximum absolute atomic E-state index is 6.00. The highest BCUT2D eigenvalue weighted by Crippen LogP contribution is 2.22. The number of hydrogen-bond donors (Lipinski definition) is 2. The van der Waals surface area contributed by atoms with E-state index in [0.29, 0.717) is 6.54 Å². The highest BCUT2D eigenvalue weighted by Gasteiger charge is 2.15. The molecule has 1 aromatic rings. The number of guanidine groups is 1. The van der Waals surface area contributed by atoms with Crippen molar-refractivity contribution in [2.75, 3.05) is 7.05 Å². The number of hydrogen-bond acceptors (Lipinski definition) is 2. The molecule has 5 heteroatoms. The van der Waals surface area contributed by atoms with E-state index in [4.69, 9.17) is 4.74 Å². The first-order chi connectivity index (χ1) is 9.61. The third kappa shape index (κ3) is 8.46. The van der Waals surface area contributed by atoms with Crippen LogP contribution in [-0.2, 0) is 6.54 Å². The van der Waals surface area contributed by atoms with Gasteiger partial charge in [0.1, 0.15) is 11.4 Å². The topological polar surface area (TPSA) is 45.7 Å². The summed E-state index contributed by atoms with van der Waals surface area (Å²) in [6.45, 7) is 13.2. The molecule has 0 unspecified atom stereocenters. The number of aliphatic imine (C=N–C) groups is 1. The fraction of sp³-hybridized carbons (Fsp3) is 0.588. The van der Waals surface area contributed by atoms with Crippen LogP contribution in [0.3, 0.4) is 0 Å². The monoisotopic (exact) mass is 419 g/mol. The second-order valence-corrected chi connectivity index (χ2v) is 7.12. The molecule has 0 aliphatic carbocycles. The van der Waals surface area contributed by atoms with Gasteiger partial charge >= 0.3 is 0 Å². The van der Waals surface area contributed by atoms with Gasteiger partial charge in [-0.1, -0.05) is 18.2 Å². The van der Waals surface area contributed by atoms with Crippen molar-refractivity contribution in [3.05, 3.63) is 29.8 Å². The number of rotatable bonds is 3. The molecule has 0 bridgehead atoms. The zero-order valence-corrected chi connectivity index (χ0v) is 17.1. The van der Waals surface area contributed by atoms with Crippen molar-refractivity contribution in [2.45, 2.75) is 59.2 Å². The lowest BCUT2D eigenvalue weighted by molar-refractivity contribution is 0.129. The van der Waals surface area contributed by atoms with Crippen LogP contribution in [0.5, 0.6) is 5.75 Å². The van der Waals surface area contributed by atoms with Gasteiger partial charge in [0.2, 0.25) is 0 Å². The largest absolute Gasteiger partial charge is 0.488 e. The quantitative estimate of drug-likeness (QED) is 0.443. The molecule has 4 nitrogen and oxygen atoms in total. The van der Waals surface area contributed by atoms with E-state index >= 15 is 0 Å². The number of halogens is 1. The van der Waals surface area contributed by atoms with Gasteiger partial charge < -0.3 is 15.4 Å². The van der Waals surface area contributed by atoms with Gasteiger partial charge in [-0.3, -0.25) is 4.99 Å². The average molecular weight is 419 g/mol. The summed E-state index contributed by atoms with van der Waals surface area (Å²) in [5.41, 5.74) is 0.884. The van der Waals surface area contributed by atoms with Gasteiger partial charge in [0.15, 0.2) is 5.96 Å². The van der Waals surface area contributed by atoms with Crippen LogP contribution in [0, 0.1) is 0 Å². The molecule has 0 spiro atoms. The zero-order chi connectivity index (χ0) is 16.1. The fourth-order valence-corrected chi connectivity index (χ4v) is 1.79. The van der Waals surface area contributed by atoms with Crippen molar-refractivity contribution >= 4 is 29.9 Å². The molecular weight excluding hydrogens is 389 g/mol. The standard InChI is InChI=1S/C17H29N3O.HI/c1-16(2,3)20-15(18-7)19-12-13-10-8-9-11-14(13)21-17(4,5)6;/h8-11H,12H2,1-7H3,(H2,18,19,20);1H. The predicted molar refractivity (Wildman–Crippen MR) is 105 cm³/mol. The first-order valence-corrected chi connectivity index (χ1v) is 7.36. The lowest BCUT2D eigenvalue weighted by Crippen LogP contribution is -2.47. The van der Waals surface area contributed by atoms with Gasteiger partial charge in [-0.15, -0.1) is 24.0 Å². The number of para-hydroxylation sites is 1. The summed E-state index contributed by atoms with van der Waals surface area (Å²) in [5, 5.41) is 6.67. The minimum absolute atomic E-state index is 0. The molecule has 22 heavy (non-hydrogen) atoms. The third-order valence-corrected chi connectivity index (χ3v) is 2.55. The van der Waals surface area contributed by atoms with E-state index in [2.05, 4.69) is 63.2 Å². The van der Waals surface area contributed by atoms with Crippen molar-refractivity contribution in [1.82, 2.24) is 10.6 Å². The number of nitrogens with one attached hydrogen (secondary N) is 2. The van der Waals surface area contributed by atoms with Crippen LogP contribution >= 0.6 is 24.0 Å². The molecule has 1 rings (SSSR count). The van der Waals surface area contributed by atoms with E-state index < -0.39 is 0 Å². The van der Waals surface area contributed by atoms with E-state index in [0.717, 1.165) is 17.3 Å². The second-order valence-electron chi connectivity index (χ2n) is 7.12. The van der Waals surface area contributed by atoms with Gasteiger partial charge in [-0.05, 0) is 47.6 Å². The predicted octanol–water partition coefficient (Wildman–Crippen LogP) is 3.95. The molecule has 0 atom stereocenters. The minimum atomic E-state index is -0.207. The Kier molecular flexibility index (Phi) is 8.22. The van der Waals surface area contributed by atoms with Crippen LogP contribution in [-0.4, -0.2) is 24.1 Å². The molecule has 0 heterocycles. The maximum atomic E-state index is 6.00. The van der Waals surface area contributed by atoms with Crippen molar-refractivity contribution in [1.29, 1.82) is 0 Å². The molecule has 0 saturated heterocycles. The second kappa shape index (κ2) is 8.60. The summed E-state index contributed by atoms with van der Waals surface area (Å²) in [6.07, 6.45) is 0. The molecular formula is C17H30IN3O. The molecule has 0 amide bonds. The van der Waals surface area contributed by atoms with Crippen molar-refractivity contribution in [3.63, 3.8) is 0 Å². The summed E-state index contributed by atoms with van der Waals surface area (Å²) < 4.78 is 6.00. The molecule has 0 aliphatic heterocycles. The van der Waals surface area contributed by atoms with Crippen LogP contribution in [0.4, 0.5) is 0 Å². The van der Waals surface area contributed by atoms with E-state index in [9.17, 15) is 0 Å². The number of benzene rings is 1. The Bertz CT molecular complexity index is 487. The summed E-state index contributed by atoms with van der Waals surface area (Å²) in [5.74, 6) is 1.69. The van der Waals surface area contributed by atoms with Gasteiger partial charge in [0, 0.05) is 24.7 Å². The Hall–Kier alpha value is -0.980. The normalized spacial score (nSPS) is 12.4. The van der Waals surface area contributed by atoms with Crippen LogP contribution < -0.4 is 15.4 Å². The molecule has 2 N–H and O–H groups in total. The molecule has 0 aliphatic rings. The van der Waals surface area contributed by atoms with Crippen molar-refractivity contribution < 1.29 is 4.74 Å². The molecule has 0 fully saturated rings. The first kappa shape index (κ1) is 21.0. The SMILES string of the molecule is CN=C(NCc1ccccc1OC(C)(C)C)NC(C)(C)C.I. The molecule has 0 aromatic heterocycles. The highest BCUT2D eigenvalue weighted by atomic mass is 127. The third-order valence-electron chi connectivity index (χ3n) is 2.55. The Morgan fingerprint density at radius 1 is 1.09 bits per heavy atom. The van der Waals surface area contributed by atoms with Gasteiger partial charge in [0.25, 0.3) is 0 Å². The lowest BCUT2D eigenvalue weighted by Gasteiger charge is -2.25. The van der Waals surface area contributed by atoms with Gasteiger partial charge in [-0.2, -0.15) is 0 Å². The highest BCUT2D eigenvalue weighted by molar-refractivity contribution is 14.0. The zero-order valence-electron chi connectivity index (χ0n) is 14.8. The average Bonchev–Trinajstić information content (AvgIpc) is 2.32. The van der Waals surface area contributed by atoms with Gasteiger partial charge in [0.05, 0.1) is 0 Å². The van der Waals surface area contributed by atoms with E-state index in [1.807, 2.05) is 18.2 Å². The lowest BCUT2D eigenvalue weighted by atomic mass is 10.1. The Morgan fingerprint density at radius 2 is 1.68 bits per heavy atom. The molecule has 0 saturated carbocycles. The van der Waals surface area contributed by atoms with Crippen LogP contribution in [0.15, 0.2) is 29.3 Å². The van der Waals surface area contributed by atoms with Crippen LogP contribution in [0.25, 0.3) is 0 Å². The summed E-state index contributed by atoms with van der Waals surface area (Å²) in [4.78, 5) is 4.25. The molecule has 0 radical (unpaired) electrons. The first-order valence-electron chi connectivity index (χ1n) is 7.36. The maximum Gasteiger partial charge on any atom is 0.191 e. The Morgan fingerprint density at radius 3 is 2.18 bits per heavy atom. The van der Waals surface area contributed by atoms with Crippen LogP contribution in [0.1, 0.15) is 47.1 Å². The molecule has 1 aromatic carbocycles. The number of ether oxygens (including phenoxy) is 1. The van der Waals surface area contributed by atoms with Crippen molar-refractivity contribution in [2.24, 2.45) is 4.99 Å². The summed E-state index contributed by atoms with van der Waals surface area (Å²) >= 11 is 0. The Balaban J connectivity index is 0.00000441. The summed E-state index contributed by atoms with van der Waals surface area (Å²) in [6, 6.07) is 8.08. The van der Waals surface area contributed by atoms with Crippen LogP contribution in [0.2, 0.25) is 0 Å². The Labute approximate surface area is 152 Å². The van der Waals surface area contributed by atoms with E-state index in [1.165, 1.54) is 0 Å². The van der Waals surface area contributed by atoms with Gasteiger partial charge in [-0.25, -0.2) is 0 Å².